The lowest BCUT2D eigenvalue weighted by atomic mass is 9.90. The summed E-state index contributed by atoms with van der Waals surface area (Å²) in [6, 6.07) is 1.34. The third-order valence-electron chi connectivity index (χ3n) is 8.77. The number of amides is 1. The lowest BCUT2D eigenvalue weighted by Crippen LogP contribution is -2.55. The van der Waals surface area contributed by atoms with Gasteiger partial charge in [0.05, 0.1) is 24.0 Å². The fourth-order valence-corrected chi connectivity index (χ4v) is 6.52. The minimum atomic E-state index is -4.76. The first-order valence-electron chi connectivity index (χ1n) is 15.5. The topological polar surface area (TPSA) is 80.3 Å². The van der Waals surface area contributed by atoms with Crippen LogP contribution in [0.5, 0.6) is 6.01 Å². The lowest BCUT2D eigenvalue weighted by molar-refractivity contribution is -0.140. The second kappa shape index (κ2) is 12.5. The molecule has 1 aromatic heterocycles. The number of aromatic nitrogens is 2. The Labute approximate surface area is 261 Å². The number of benzene rings is 1. The van der Waals surface area contributed by atoms with Crippen LogP contribution in [0.2, 0.25) is 0 Å². The monoisotopic (exact) mass is 637 g/mol. The van der Waals surface area contributed by atoms with Gasteiger partial charge in [-0.1, -0.05) is 6.07 Å². The molecule has 3 atom stereocenters. The average Bonchev–Trinajstić information content (AvgIpc) is 3.35. The highest BCUT2D eigenvalue weighted by Gasteiger charge is 2.42. The maximum Gasteiger partial charge on any atom is 0.417 e. The van der Waals surface area contributed by atoms with E-state index in [1.165, 1.54) is 19.9 Å². The summed E-state index contributed by atoms with van der Waals surface area (Å²) in [6.07, 6.45) is -4.42. The number of fused-ring (bicyclic) bond motifs is 1. The molecule has 1 unspecified atom stereocenters. The molecule has 0 saturated carbocycles. The Morgan fingerprint density at radius 2 is 1.84 bits per heavy atom. The van der Waals surface area contributed by atoms with Gasteiger partial charge in [-0.15, -0.1) is 0 Å². The van der Waals surface area contributed by atoms with Gasteiger partial charge in [0.1, 0.15) is 23.8 Å². The maximum atomic E-state index is 15.5. The molecular formula is C32H43F4N5O4. The molecule has 9 nitrogen and oxygen atoms in total. The van der Waals surface area contributed by atoms with Crippen LogP contribution in [-0.4, -0.2) is 83.4 Å². The molecule has 1 aromatic carbocycles. The largest absolute Gasteiger partial charge is 0.462 e. The quantitative estimate of drug-likeness (QED) is 0.371. The van der Waals surface area contributed by atoms with Crippen molar-refractivity contribution in [2.75, 3.05) is 44.7 Å². The van der Waals surface area contributed by atoms with Crippen LogP contribution >= 0.6 is 0 Å². The zero-order valence-corrected chi connectivity index (χ0v) is 27.1. The van der Waals surface area contributed by atoms with Crippen molar-refractivity contribution < 1.29 is 36.6 Å². The van der Waals surface area contributed by atoms with Gasteiger partial charge in [-0.05, 0) is 79.1 Å². The van der Waals surface area contributed by atoms with Gasteiger partial charge < -0.3 is 28.9 Å². The number of nitrogens with zero attached hydrogens (tertiary/aromatic N) is 5. The van der Waals surface area contributed by atoms with Gasteiger partial charge in [0.15, 0.2) is 0 Å². The number of alkyl halides is 3. The normalized spacial score (nSPS) is 22.9. The van der Waals surface area contributed by atoms with Gasteiger partial charge in [-0.25, -0.2) is 9.18 Å². The first kappa shape index (κ1) is 33.2. The third-order valence-corrected chi connectivity index (χ3v) is 8.77. The van der Waals surface area contributed by atoms with E-state index >= 15 is 4.39 Å². The zero-order chi connectivity index (χ0) is 32.8. The minimum Gasteiger partial charge on any atom is -0.462 e. The number of piperazine rings is 1. The summed E-state index contributed by atoms with van der Waals surface area (Å²) in [4.78, 5) is 28.1. The van der Waals surface area contributed by atoms with Crippen molar-refractivity contribution in [3.8, 4) is 6.01 Å². The van der Waals surface area contributed by atoms with Gasteiger partial charge in [0, 0.05) is 49.3 Å². The first-order valence-corrected chi connectivity index (χ1v) is 15.5. The second-order valence-corrected chi connectivity index (χ2v) is 13.4. The Kier molecular flexibility index (Phi) is 9.25. The van der Waals surface area contributed by atoms with Crippen LogP contribution in [0.15, 0.2) is 6.07 Å². The van der Waals surface area contributed by atoms with E-state index in [0.29, 0.717) is 43.3 Å². The van der Waals surface area contributed by atoms with Crippen molar-refractivity contribution in [3.63, 3.8) is 0 Å². The molecular weight excluding hydrogens is 594 g/mol. The number of anilines is 1. The number of likely N-dealkylation sites (tertiary alicyclic amines) is 1. The number of rotatable bonds is 5. The Hall–Kier alpha value is -3.19. The van der Waals surface area contributed by atoms with Crippen LogP contribution in [0.25, 0.3) is 0 Å². The van der Waals surface area contributed by atoms with E-state index in [0.717, 1.165) is 19.4 Å². The van der Waals surface area contributed by atoms with Crippen molar-refractivity contribution in [2.24, 2.45) is 0 Å². The Morgan fingerprint density at radius 3 is 2.47 bits per heavy atom. The lowest BCUT2D eigenvalue weighted by Gasteiger charge is -2.42. The van der Waals surface area contributed by atoms with E-state index < -0.39 is 40.9 Å². The molecule has 0 radical (unpaired) electrons. The highest BCUT2D eigenvalue weighted by Crippen LogP contribution is 2.44. The number of hydrogen-bond acceptors (Lipinski definition) is 8. The second-order valence-electron chi connectivity index (χ2n) is 13.4. The number of carbonyl (C=O) groups excluding carboxylic acids is 1. The molecule has 248 valence electrons. The molecule has 4 heterocycles. The van der Waals surface area contributed by atoms with E-state index in [2.05, 4.69) is 9.88 Å². The standard InChI is InChI=1S/C32H43F4N5O4/c1-18-13-19(2)27(33)25(26(18)32(34,35)36)24-14-23-22(17-43-24)28(38-29(37-23)44-16-21-9-8-10-39(21)7)41-12-11-40(15-20(41)3)30(42)45-31(4,5)6/h13,20-21,24H,8-12,14-17H2,1-7H3/t20-,21+,24?/m1/s1. The van der Waals surface area contributed by atoms with Crippen molar-refractivity contribution in [1.29, 1.82) is 0 Å². The van der Waals surface area contributed by atoms with Crippen LogP contribution in [0.4, 0.5) is 28.2 Å². The Morgan fingerprint density at radius 1 is 1.11 bits per heavy atom. The van der Waals surface area contributed by atoms with Crippen molar-refractivity contribution in [2.45, 2.75) is 97.4 Å². The molecule has 13 heteroatoms. The molecule has 3 aliphatic heterocycles. The molecule has 0 N–H and O–H groups in total. The predicted octanol–water partition coefficient (Wildman–Crippen LogP) is 5.98. The molecule has 45 heavy (non-hydrogen) atoms. The van der Waals surface area contributed by atoms with Gasteiger partial charge in [0.2, 0.25) is 0 Å². The molecule has 0 bridgehead atoms. The molecule has 0 aliphatic carbocycles. The summed E-state index contributed by atoms with van der Waals surface area (Å²) in [5, 5.41) is 0. The predicted molar refractivity (Wildman–Crippen MR) is 160 cm³/mol. The summed E-state index contributed by atoms with van der Waals surface area (Å²) in [5.41, 5.74) is -1.00. The molecule has 2 saturated heterocycles. The highest BCUT2D eigenvalue weighted by molar-refractivity contribution is 5.69. The van der Waals surface area contributed by atoms with E-state index in [1.807, 2.05) is 39.6 Å². The van der Waals surface area contributed by atoms with E-state index in [-0.39, 0.29) is 42.2 Å². The van der Waals surface area contributed by atoms with Gasteiger partial charge in [-0.2, -0.15) is 23.1 Å². The van der Waals surface area contributed by atoms with E-state index in [4.69, 9.17) is 19.2 Å². The van der Waals surface area contributed by atoms with Gasteiger partial charge in [-0.3, -0.25) is 0 Å². The van der Waals surface area contributed by atoms with E-state index in [9.17, 15) is 18.0 Å². The van der Waals surface area contributed by atoms with Crippen LogP contribution < -0.4 is 9.64 Å². The first-order chi connectivity index (χ1) is 21.0. The number of likely N-dealkylation sites (N-methyl/N-ethyl adjacent to an activating group) is 1. The molecule has 2 aromatic rings. The number of aryl methyl sites for hydroxylation is 2. The number of halogens is 4. The summed E-state index contributed by atoms with van der Waals surface area (Å²) in [5.74, 6) is -0.384. The summed E-state index contributed by atoms with van der Waals surface area (Å²) in [7, 11) is 2.03. The number of ether oxygens (including phenoxy) is 3. The van der Waals surface area contributed by atoms with Crippen molar-refractivity contribution >= 4 is 11.9 Å². The summed E-state index contributed by atoms with van der Waals surface area (Å²) >= 11 is 0. The van der Waals surface area contributed by atoms with Crippen LogP contribution in [0, 0.1) is 19.7 Å². The summed E-state index contributed by atoms with van der Waals surface area (Å²) in [6.45, 7) is 12.6. The SMILES string of the molecule is Cc1cc(C)c(C(F)(F)F)c(C2Cc3nc(OC[C@@H]4CCCN4C)nc(N4CCN(C(=O)OC(C)(C)C)C[C@H]4C)c3CO2)c1F. The molecule has 2 fully saturated rings. The highest BCUT2D eigenvalue weighted by atomic mass is 19.4. The molecule has 3 aliphatic rings. The molecule has 0 spiro atoms. The minimum absolute atomic E-state index is 0.0597. The van der Waals surface area contributed by atoms with Gasteiger partial charge in [0.25, 0.3) is 0 Å². The van der Waals surface area contributed by atoms with Crippen LogP contribution in [-0.2, 0) is 28.7 Å². The average molecular weight is 638 g/mol. The summed E-state index contributed by atoms with van der Waals surface area (Å²) < 4.78 is 75.9. The molecule has 1 amide bonds. The third kappa shape index (κ3) is 7.14. The Balaban J connectivity index is 1.48. The van der Waals surface area contributed by atoms with Crippen molar-refractivity contribution in [3.05, 3.63) is 45.4 Å². The molecule has 5 rings (SSSR count). The number of hydrogen-bond donors (Lipinski definition) is 0. The fraction of sp³-hybridized carbons (Fsp3) is 0.656. The number of carbonyl (C=O) groups is 1. The zero-order valence-electron chi connectivity index (χ0n) is 27.1. The maximum absolute atomic E-state index is 15.5. The van der Waals surface area contributed by atoms with Gasteiger partial charge >= 0.3 is 18.3 Å². The van der Waals surface area contributed by atoms with E-state index in [1.54, 1.807) is 4.90 Å². The van der Waals surface area contributed by atoms with Crippen LogP contribution in [0.3, 0.4) is 0 Å². The fourth-order valence-electron chi connectivity index (χ4n) is 6.52. The van der Waals surface area contributed by atoms with Crippen molar-refractivity contribution in [1.82, 2.24) is 19.8 Å². The smallest absolute Gasteiger partial charge is 0.417 e. The van der Waals surface area contributed by atoms with Crippen LogP contribution in [0.1, 0.15) is 80.2 Å². The Bertz CT molecular complexity index is 1430.